The largest absolute Gasteiger partial charge is 0.383 e. The van der Waals surface area contributed by atoms with Crippen molar-refractivity contribution in [3.05, 3.63) is 50.2 Å². The number of benzene rings is 1. The van der Waals surface area contributed by atoms with Gasteiger partial charge in [0, 0.05) is 32.9 Å². The fraction of sp³-hybridized carbons (Fsp3) is 0.450. The Morgan fingerprint density at radius 3 is 2.71 bits per heavy atom. The first-order chi connectivity index (χ1) is 13.5. The Morgan fingerprint density at radius 2 is 1.96 bits per heavy atom. The molecule has 0 atom stereocenters. The number of rotatable bonds is 4. The molecule has 0 amide bonds. The standard InChI is InChI=1S/C20H25N5O3/c1-13-7-5-8-15(14(13)2)23-9-6-10-24-16-17(21-19(23)24)22(3)20(27)25(18(16)26)11-12-28-4/h5,7-8H,6,9-12H2,1-4H3. The summed E-state index contributed by atoms with van der Waals surface area (Å²) in [5.74, 6) is 0.714. The molecular formula is C20H25N5O3. The number of aryl methyl sites for hydroxylation is 3. The number of hydrogen-bond acceptors (Lipinski definition) is 5. The van der Waals surface area contributed by atoms with Gasteiger partial charge < -0.3 is 14.2 Å². The van der Waals surface area contributed by atoms with Gasteiger partial charge in [-0.15, -0.1) is 0 Å². The molecule has 2 aromatic heterocycles. The molecule has 4 rings (SSSR count). The highest BCUT2D eigenvalue weighted by Gasteiger charge is 2.27. The highest BCUT2D eigenvalue weighted by Crippen LogP contribution is 2.33. The molecule has 3 aromatic rings. The molecule has 28 heavy (non-hydrogen) atoms. The van der Waals surface area contributed by atoms with Crippen LogP contribution in [0, 0.1) is 13.8 Å². The van der Waals surface area contributed by atoms with E-state index in [-0.39, 0.29) is 17.8 Å². The summed E-state index contributed by atoms with van der Waals surface area (Å²) in [5, 5.41) is 0. The van der Waals surface area contributed by atoms with Gasteiger partial charge in [-0.3, -0.25) is 13.9 Å². The first-order valence-corrected chi connectivity index (χ1v) is 9.48. The van der Waals surface area contributed by atoms with Crippen LogP contribution in [0.15, 0.2) is 27.8 Å². The van der Waals surface area contributed by atoms with E-state index in [0.29, 0.717) is 30.3 Å². The average molecular weight is 383 g/mol. The monoisotopic (exact) mass is 383 g/mol. The molecule has 8 heteroatoms. The van der Waals surface area contributed by atoms with Gasteiger partial charge in [0.25, 0.3) is 5.56 Å². The lowest BCUT2D eigenvalue weighted by molar-refractivity contribution is 0.184. The maximum Gasteiger partial charge on any atom is 0.332 e. The number of aromatic nitrogens is 4. The Morgan fingerprint density at radius 1 is 1.18 bits per heavy atom. The van der Waals surface area contributed by atoms with Crippen molar-refractivity contribution in [2.24, 2.45) is 7.05 Å². The molecule has 0 fully saturated rings. The van der Waals surface area contributed by atoms with Crippen molar-refractivity contribution < 1.29 is 4.74 Å². The summed E-state index contributed by atoms with van der Waals surface area (Å²) < 4.78 is 9.70. The van der Waals surface area contributed by atoms with Gasteiger partial charge in [0.05, 0.1) is 13.2 Å². The average Bonchev–Trinajstić information content (AvgIpc) is 3.08. The summed E-state index contributed by atoms with van der Waals surface area (Å²) in [6, 6.07) is 6.20. The number of nitrogens with zero attached hydrogens (tertiary/aromatic N) is 5. The van der Waals surface area contributed by atoms with E-state index in [4.69, 9.17) is 9.72 Å². The van der Waals surface area contributed by atoms with Gasteiger partial charge in [0.2, 0.25) is 5.95 Å². The number of ether oxygens (including phenoxy) is 1. The molecule has 148 valence electrons. The predicted molar refractivity (Wildman–Crippen MR) is 109 cm³/mol. The van der Waals surface area contributed by atoms with Gasteiger partial charge in [-0.1, -0.05) is 12.1 Å². The van der Waals surface area contributed by atoms with E-state index in [0.717, 1.165) is 18.7 Å². The van der Waals surface area contributed by atoms with Crippen LogP contribution in [0.2, 0.25) is 0 Å². The molecule has 0 aliphatic carbocycles. The van der Waals surface area contributed by atoms with Crippen molar-refractivity contribution in [3.8, 4) is 0 Å². The number of methoxy groups -OCH3 is 1. The summed E-state index contributed by atoms with van der Waals surface area (Å²) >= 11 is 0. The van der Waals surface area contributed by atoms with Crippen LogP contribution in [0.5, 0.6) is 0 Å². The van der Waals surface area contributed by atoms with Crippen molar-refractivity contribution in [2.75, 3.05) is 25.2 Å². The fourth-order valence-corrected chi connectivity index (χ4v) is 3.90. The minimum Gasteiger partial charge on any atom is -0.383 e. The molecule has 0 N–H and O–H groups in total. The lowest BCUT2D eigenvalue weighted by Gasteiger charge is -2.30. The highest BCUT2D eigenvalue weighted by atomic mass is 16.5. The zero-order chi connectivity index (χ0) is 20.0. The van der Waals surface area contributed by atoms with Crippen molar-refractivity contribution >= 4 is 22.8 Å². The molecule has 0 spiro atoms. The number of anilines is 2. The molecule has 8 nitrogen and oxygen atoms in total. The van der Waals surface area contributed by atoms with Crippen LogP contribution in [-0.2, 0) is 24.9 Å². The molecule has 0 radical (unpaired) electrons. The smallest absolute Gasteiger partial charge is 0.332 e. The lowest BCUT2D eigenvalue weighted by atomic mass is 10.1. The molecule has 0 bridgehead atoms. The quantitative estimate of drug-likeness (QED) is 0.686. The van der Waals surface area contributed by atoms with E-state index < -0.39 is 0 Å². The fourth-order valence-electron chi connectivity index (χ4n) is 3.90. The Bertz CT molecular complexity index is 1170. The van der Waals surface area contributed by atoms with Crippen LogP contribution in [-0.4, -0.2) is 38.9 Å². The number of hydrogen-bond donors (Lipinski definition) is 0. The van der Waals surface area contributed by atoms with E-state index in [1.807, 2.05) is 10.6 Å². The first-order valence-electron chi connectivity index (χ1n) is 9.48. The maximum absolute atomic E-state index is 13.1. The topological polar surface area (TPSA) is 74.3 Å². The highest BCUT2D eigenvalue weighted by molar-refractivity contribution is 5.77. The lowest BCUT2D eigenvalue weighted by Crippen LogP contribution is -2.40. The number of fused-ring (bicyclic) bond motifs is 3. The van der Waals surface area contributed by atoms with Crippen LogP contribution < -0.4 is 16.1 Å². The molecule has 0 unspecified atom stereocenters. The third-order valence-corrected chi connectivity index (χ3v) is 5.60. The Labute approximate surface area is 162 Å². The molecule has 1 aliphatic heterocycles. The van der Waals surface area contributed by atoms with Gasteiger partial charge in [-0.2, -0.15) is 4.98 Å². The van der Waals surface area contributed by atoms with E-state index in [2.05, 4.69) is 30.9 Å². The predicted octanol–water partition coefficient (Wildman–Crippen LogP) is 1.70. The van der Waals surface area contributed by atoms with Gasteiger partial charge in [-0.25, -0.2) is 4.79 Å². The van der Waals surface area contributed by atoms with Crippen molar-refractivity contribution in [1.82, 2.24) is 18.7 Å². The molecule has 3 heterocycles. The summed E-state index contributed by atoms with van der Waals surface area (Å²) in [6.07, 6.45) is 0.895. The minimum atomic E-state index is -0.372. The third kappa shape index (κ3) is 2.67. The summed E-state index contributed by atoms with van der Waals surface area (Å²) in [6.45, 7) is 6.23. The third-order valence-electron chi connectivity index (χ3n) is 5.60. The SMILES string of the molecule is COCCn1c(=O)c2c(nc3n2CCCN3c2cccc(C)c2C)n(C)c1=O. The van der Waals surface area contributed by atoms with Crippen molar-refractivity contribution in [2.45, 2.75) is 33.4 Å². The minimum absolute atomic E-state index is 0.221. The molecule has 0 saturated carbocycles. The molecule has 1 aromatic carbocycles. The van der Waals surface area contributed by atoms with Crippen LogP contribution in [0.1, 0.15) is 17.5 Å². The van der Waals surface area contributed by atoms with Crippen LogP contribution >= 0.6 is 0 Å². The Balaban J connectivity index is 1.97. The van der Waals surface area contributed by atoms with E-state index in [1.54, 1.807) is 14.2 Å². The van der Waals surface area contributed by atoms with Crippen LogP contribution in [0.3, 0.4) is 0 Å². The van der Waals surface area contributed by atoms with Crippen LogP contribution in [0.25, 0.3) is 11.2 Å². The zero-order valence-electron chi connectivity index (χ0n) is 16.7. The second-order valence-corrected chi connectivity index (χ2v) is 7.25. The van der Waals surface area contributed by atoms with Crippen LogP contribution in [0.4, 0.5) is 11.6 Å². The maximum atomic E-state index is 13.1. The summed E-state index contributed by atoms with van der Waals surface area (Å²) in [4.78, 5) is 32.7. The van der Waals surface area contributed by atoms with Gasteiger partial charge in [0.1, 0.15) is 0 Å². The normalized spacial score (nSPS) is 13.9. The van der Waals surface area contributed by atoms with Gasteiger partial charge >= 0.3 is 5.69 Å². The molecular weight excluding hydrogens is 358 g/mol. The van der Waals surface area contributed by atoms with Gasteiger partial charge in [-0.05, 0) is 37.5 Å². The van der Waals surface area contributed by atoms with Crippen molar-refractivity contribution in [1.29, 1.82) is 0 Å². The Hall–Kier alpha value is -2.87. The Kier molecular flexibility index (Phi) is 4.58. The van der Waals surface area contributed by atoms with Crippen molar-refractivity contribution in [3.63, 3.8) is 0 Å². The second kappa shape index (κ2) is 6.94. The van der Waals surface area contributed by atoms with E-state index in [9.17, 15) is 9.59 Å². The second-order valence-electron chi connectivity index (χ2n) is 7.25. The summed E-state index contributed by atoms with van der Waals surface area (Å²) in [5.41, 5.74) is 3.70. The molecule has 0 saturated heterocycles. The number of imidazole rings is 1. The van der Waals surface area contributed by atoms with E-state index in [1.165, 1.54) is 20.3 Å². The van der Waals surface area contributed by atoms with Gasteiger partial charge in [0.15, 0.2) is 11.2 Å². The summed E-state index contributed by atoms with van der Waals surface area (Å²) in [7, 11) is 3.21. The van der Waals surface area contributed by atoms with E-state index >= 15 is 0 Å². The zero-order valence-corrected chi connectivity index (χ0v) is 16.7. The molecule has 1 aliphatic rings. The first kappa shape index (κ1) is 18.5.